The van der Waals surface area contributed by atoms with E-state index in [0.717, 1.165) is 25.7 Å². The Morgan fingerprint density at radius 3 is 2.45 bits per heavy atom. The highest BCUT2D eigenvalue weighted by atomic mass is 16.5. The molecule has 0 aromatic rings. The molecule has 2 N–H and O–H groups in total. The third-order valence-electron chi connectivity index (χ3n) is 3.65. The topological polar surface area (TPSA) is 95.9 Å². The maximum absolute atomic E-state index is 12.0. The summed E-state index contributed by atoms with van der Waals surface area (Å²) in [4.78, 5) is 35.7. The van der Waals surface area contributed by atoms with Crippen LogP contribution < -0.4 is 5.32 Å². The number of nitrogens with zero attached hydrogens (tertiary/aromatic N) is 1. The molecule has 0 unspecified atom stereocenters. The van der Waals surface area contributed by atoms with Gasteiger partial charge in [0.05, 0.1) is 7.11 Å². The van der Waals surface area contributed by atoms with Crippen molar-refractivity contribution in [2.75, 3.05) is 14.2 Å². The van der Waals surface area contributed by atoms with E-state index in [-0.39, 0.29) is 18.9 Å². The lowest BCUT2D eigenvalue weighted by molar-refractivity contribution is -0.142. The zero-order valence-electron chi connectivity index (χ0n) is 11.9. The maximum Gasteiger partial charge on any atom is 0.326 e. The number of hydrogen-bond acceptors (Lipinski definition) is 4. The van der Waals surface area contributed by atoms with Gasteiger partial charge in [-0.1, -0.05) is 12.8 Å². The number of aliphatic carboxylic acids is 1. The molecule has 1 aliphatic carbocycles. The summed E-state index contributed by atoms with van der Waals surface area (Å²) in [5, 5.41) is 11.5. The van der Waals surface area contributed by atoms with E-state index >= 15 is 0 Å². The Kier molecular flexibility index (Phi) is 6.27. The quantitative estimate of drug-likeness (QED) is 0.709. The van der Waals surface area contributed by atoms with E-state index in [1.807, 2.05) is 0 Å². The summed E-state index contributed by atoms with van der Waals surface area (Å²) >= 11 is 0. The van der Waals surface area contributed by atoms with E-state index in [2.05, 4.69) is 10.1 Å². The van der Waals surface area contributed by atoms with Gasteiger partial charge in [0.15, 0.2) is 0 Å². The van der Waals surface area contributed by atoms with Gasteiger partial charge in [-0.05, 0) is 19.3 Å². The van der Waals surface area contributed by atoms with Crippen molar-refractivity contribution in [2.24, 2.45) is 0 Å². The minimum atomic E-state index is -1.15. The van der Waals surface area contributed by atoms with Crippen LogP contribution in [0.15, 0.2) is 0 Å². The van der Waals surface area contributed by atoms with Crippen LogP contribution in [0.4, 0.5) is 4.79 Å². The molecule has 0 aromatic carbocycles. The fourth-order valence-electron chi connectivity index (χ4n) is 2.33. The lowest BCUT2D eigenvalue weighted by Gasteiger charge is -2.26. The molecule has 1 aliphatic rings. The fourth-order valence-corrected chi connectivity index (χ4v) is 2.33. The van der Waals surface area contributed by atoms with Crippen LogP contribution in [0.2, 0.25) is 0 Å². The number of hydrogen-bond donors (Lipinski definition) is 2. The molecule has 0 spiro atoms. The molecule has 0 bridgehead atoms. The van der Waals surface area contributed by atoms with E-state index < -0.39 is 24.0 Å². The number of rotatable bonds is 6. The molecular formula is C13H22N2O5. The second-order valence-corrected chi connectivity index (χ2v) is 5.00. The summed E-state index contributed by atoms with van der Waals surface area (Å²) in [5.41, 5.74) is 0. The number of methoxy groups -OCH3 is 1. The lowest BCUT2D eigenvalue weighted by Crippen LogP contribution is -2.49. The van der Waals surface area contributed by atoms with Gasteiger partial charge in [0.2, 0.25) is 0 Å². The van der Waals surface area contributed by atoms with E-state index in [9.17, 15) is 14.4 Å². The van der Waals surface area contributed by atoms with Gasteiger partial charge in [-0.15, -0.1) is 0 Å². The lowest BCUT2D eigenvalue weighted by atomic mass is 10.1. The molecule has 2 amide bonds. The molecule has 0 radical (unpaired) electrons. The Bertz CT molecular complexity index is 366. The van der Waals surface area contributed by atoms with Crippen LogP contribution >= 0.6 is 0 Å². The van der Waals surface area contributed by atoms with Crippen molar-refractivity contribution in [1.82, 2.24) is 10.2 Å². The van der Waals surface area contributed by atoms with Crippen molar-refractivity contribution < 1.29 is 24.2 Å². The SMILES string of the molecule is COC(=O)CC[C@H](NC(=O)N(C)C1CCCC1)C(=O)O. The van der Waals surface area contributed by atoms with E-state index in [1.165, 1.54) is 7.11 Å². The number of carboxylic acid groups (broad SMARTS) is 1. The zero-order chi connectivity index (χ0) is 15.1. The summed E-state index contributed by atoms with van der Waals surface area (Å²) < 4.78 is 4.46. The Hall–Kier alpha value is -1.79. The Balaban J connectivity index is 2.49. The number of ether oxygens (including phenoxy) is 1. The first-order valence-electron chi connectivity index (χ1n) is 6.78. The molecule has 20 heavy (non-hydrogen) atoms. The van der Waals surface area contributed by atoms with Gasteiger partial charge >= 0.3 is 18.0 Å². The van der Waals surface area contributed by atoms with E-state index in [1.54, 1.807) is 11.9 Å². The largest absolute Gasteiger partial charge is 0.480 e. The number of carboxylic acids is 1. The van der Waals surface area contributed by atoms with Crippen molar-refractivity contribution in [3.8, 4) is 0 Å². The normalized spacial score (nSPS) is 16.5. The van der Waals surface area contributed by atoms with Crippen molar-refractivity contribution in [3.05, 3.63) is 0 Å². The Morgan fingerprint density at radius 1 is 1.35 bits per heavy atom. The Labute approximate surface area is 118 Å². The minimum Gasteiger partial charge on any atom is -0.480 e. The van der Waals surface area contributed by atoms with Crippen molar-refractivity contribution in [3.63, 3.8) is 0 Å². The van der Waals surface area contributed by atoms with Gasteiger partial charge in [-0.3, -0.25) is 4.79 Å². The number of nitrogens with one attached hydrogen (secondary N) is 1. The first-order valence-corrected chi connectivity index (χ1v) is 6.78. The molecule has 7 heteroatoms. The van der Waals surface area contributed by atoms with E-state index in [0.29, 0.717) is 0 Å². The van der Waals surface area contributed by atoms with Crippen LogP contribution in [0, 0.1) is 0 Å². The van der Waals surface area contributed by atoms with Gasteiger partial charge < -0.3 is 20.1 Å². The summed E-state index contributed by atoms with van der Waals surface area (Å²) in [6.45, 7) is 0. The van der Waals surface area contributed by atoms with Crippen LogP contribution in [0.25, 0.3) is 0 Å². The first kappa shape index (κ1) is 16.3. The number of urea groups is 1. The van der Waals surface area contributed by atoms with Crippen LogP contribution in [0.3, 0.4) is 0 Å². The average Bonchev–Trinajstić information content (AvgIpc) is 2.95. The smallest absolute Gasteiger partial charge is 0.326 e. The predicted molar refractivity (Wildman–Crippen MR) is 71.2 cm³/mol. The monoisotopic (exact) mass is 286 g/mol. The van der Waals surface area contributed by atoms with Crippen molar-refractivity contribution in [1.29, 1.82) is 0 Å². The Morgan fingerprint density at radius 2 is 1.95 bits per heavy atom. The molecule has 0 saturated heterocycles. The third-order valence-corrected chi connectivity index (χ3v) is 3.65. The number of amides is 2. The minimum absolute atomic E-state index is 0.0201. The number of esters is 1. The van der Waals surface area contributed by atoms with Gasteiger partial charge in [-0.2, -0.15) is 0 Å². The number of carbonyl (C=O) groups excluding carboxylic acids is 2. The summed E-state index contributed by atoms with van der Waals surface area (Å²) in [7, 11) is 2.91. The zero-order valence-corrected chi connectivity index (χ0v) is 11.9. The molecule has 1 fully saturated rings. The molecule has 1 rings (SSSR count). The van der Waals surface area contributed by atoms with E-state index in [4.69, 9.17) is 5.11 Å². The summed E-state index contributed by atoms with van der Waals surface area (Å²) in [5.74, 6) is -1.64. The molecule has 1 atom stereocenters. The fraction of sp³-hybridized carbons (Fsp3) is 0.769. The summed E-state index contributed by atoms with van der Waals surface area (Å²) in [6.07, 6.45) is 4.06. The highest BCUT2D eigenvalue weighted by Gasteiger charge is 2.27. The molecule has 1 saturated carbocycles. The standard InChI is InChI=1S/C13H22N2O5/c1-15(9-5-3-4-6-9)13(19)14-10(12(17)18)7-8-11(16)20-2/h9-10H,3-8H2,1-2H3,(H,14,19)(H,17,18)/t10-/m0/s1. The van der Waals surface area contributed by atoms with Crippen molar-refractivity contribution >= 4 is 18.0 Å². The highest BCUT2D eigenvalue weighted by molar-refractivity contribution is 5.83. The highest BCUT2D eigenvalue weighted by Crippen LogP contribution is 2.22. The van der Waals surface area contributed by atoms with Gasteiger partial charge in [0.25, 0.3) is 0 Å². The molecule has 7 nitrogen and oxygen atoms in total. The predicted octanol–water partition coefficient (Wildman–Crippen LogP) is 0.977. The molecular weight excluding hydrogens is 264 g/mol. The summed E-state index contributed by atoms with van der Waals surface area (Å²) in [6, 6.07) is -1.32. The van der Waals surface area contributed by atoms with Crippen molar-refractivity contribution in [2.45, 2.75) is 50.6 Å². The average molecular weight is 286 g/mol. The van der Waals surface area contributed by atoms with Gasteiger partial charge in [-0.25, -0.2) is 9.59 Å². The second-order valence-electron chi connectivity index (χ2n) is 5.00. The first-order chi connectivity index (χ1) is 9.45. The third kappa shape index (κ3) is 4.71. The van der Waals surface area contributed by atoms with Crippen LogP contribution in [-0.4, -0.2) is 54.2 Å². The van der Waals surface area contributed by atoms with Crippen LogP contribution in [0.5, 0.6) is 0 Å². The molecule has 0 aliphatic heterocycles. The maximum atomic E-state index is 12.0. The second kappa shape index (κ2) is 7.72. The molecule has 0 heterocycles. The van der Waals surface area contributed by atoms with Gasteiger partial charge in [0.1, 0.15) is 6.04 Å². The van der Waals surface area contributed by atoms with Gasteiger partial charge in [0, 0.05) is 19.5 Å². The van der Waals surface area contributed by atoms with Crippen LogP contribution in [0.1, 0.15) is 38.5 Å². The molecule has 114 valence electrons. The van der Waals surface area contributed by atoms with Crippen LogP contribution in [-0.2, 0) is 14.3 Å². The molecule has 0 aromatic heterocycles. The number of carbonyl (C=O) groups is 3.